The highest BCUT2D eigenvalue weighted by atomic mass is 35.5. The van der Waals surface area contributed by atoms with E-state index in [0.717, 1.165) is 22.5 Å². The SMILES string of the molecule is CS(=O)(=O)c1ccc(-n2nc(-c3ccc(Cl)cc3)cc2-c2cccc(C#N)c2)cc1. The van der Waals surface area contributed by atoms with E-state index in [0.29, 0.717) is 16.3 Å². The van der Waals surface area contributed by atoms with E-state index >= 15 is 0 Å². The van der Waals surface area contributed by atoms with Crippen molar-refractivity contribution >= 4 is 21.4 Å². The fourth-order valence-electron chi connectivity index (χ4n) is 3.13. The van der Waals surface area contributed by atoms with Crippen molar-refractivity contribution in [1.82, 2.24) is 9.78 Å². The lowest BCUT2D eigenvalue weighted by Gasteiger charge is -2.09. The number of aromatic nitrogens is 2. The van der Waals surface area contributed by atoms with Crippen molar-refractivity contribution in [2.24, 2.45) is 0 Å². The van der Waals surface area contributed by atoms with Crippen molar-refractivity contribution < 1.29 is 8.42 Å². The highest BCUT2D eigenvalue weighted by molar-refractivity contribution is 7.90. The van der Waals surface area contributed by atoms with E-state index in [4.69, 9.17) is 16.7 Å². The van der Waals surface area contributed by atoms with Gasteiger partial charge in [0.1, 0.15) is 0 Å². The summed E-state index contributed by atoms with van der Waals surface area (Å²) in [6, 6.07) is 25.3. The third kappa shape index (κ3) is 3.99. The lowest BCUT2D eigenvalue weighted by atomic mass is 10.1. The number of halogens is 1. The molecule has 0 aliphatic rings. The minimum atomic E-state index is -3.29. The summed E-state index contributed by atoms with van der Waals surface area (Å²) in [4.78, 5) is 0.240. The van der Waals surface area contributed by atoms with Gasteiger partial charge in [-0.05, 0) is 54.6 Å². The fraction of sp³-hybridized carbons (Fsp3) is 0.0435. The molecule has 0 N–H and O–H groups in total. The zero-order valence-corrected chi connectivity index (χ0v) is 17.5. The maximum atomic E-state index is 11.8. The number of nitriles is 1. The third-order valence-corrected chi connectivity index (χ3v) is 6.03. The Kier molecular flexibility index (Phi) is 5.17. The van der Waals surface area contributed by atoms with E-state index in [-0.39, 0.29) is 4.90 Å². The molecule has 4 aromatic rings. The van der Waals surface area contributed by atoms with Crippen molar-refractivity contribution in [3.05, 3.63) is 89.4 Å². The molecule has 0 radical (unpaired) electrons. The number of nitrogens with zero attached hydrogens (tertiary/aromatic N) is 3. The normalized spacial score (nSPS) is 11.2. The van der Waals surface area contributed by atoms with Gasteiger partial charge in [0.25, 0.3) is 0 Å². The lowest BCUT2D eigenvalue weighted by Crippen LogP contribution is -2.01. The summed E-state index contributed by atoms with van der Waals surface area (Å²) in [7, 11) is -3.29. The second-order valence-electron chi connectivity index (χ2n) is 6.79. The van der Waals surface area contributed by atoms with Gasteiger partial charge in [-0.25, -0.2) is 13.1 Å². The Balaban J connectivity index is 1.89. The standard InChI is InChI=1S/C23H16ClN3O2S/c1-30(28,29)21-11-9-20(10-12-21)27-23(18-4-2-3-16(13-18)15-25)14-22(26-27)17-5-7-19(24)8-6-17/h2-14H,1H3. The molecule has 0 fully saturated rings. The summed E-state index contributed by atoms with van der Waals surface area (Å²) in [6.45, 7) is 0. The van der Waals surface area contributed by atoms with Crippen molar-refractivity contribution in [1.29, 1.82) is 5.26 Å². The zero-order chi connectivity index (χ0) is 21.3. The predicted octanol–water partition coefficient (Wildman–Crippen LogP) is 5.13. The maximum absolute atomic E-state index is 11.8. The quantitative estimate of drug-likeness (QED) is 0.446. The van der Waals surface area contributed by atoms with Crippen molar-refractivity contribution in [3.63, 3.8) is 0 Å². The molecule has 30 heavy (non-hydrogen) atoms. The summed E-state index contributed by atoms with van der Waals surface area (Å²) >= 11 is 6.01. The predicted molar refractivity (Wildman–Crippen MR) is 117 cm³/mol. The van der Waals surface area contributed by atoms with Gasteiger partial charge in [-0.3, -0.25) is 0 Å². The van der Waals surface area contributed by atoms with Crippen LogP contribution < -0.4 is 0 Å². The topological polar surface area (TPSA) is 75.8 Å². The van der Waals surface area contributed by atoms with Gasteiger partial charge in [0.2, 0.25) is 0 Å². The molecule has 0 saturated heterocycles. The van der Waals surface area contributed by atoms with E-state index in [2.05, 4.69) is 6.07 Å². The van der Waals surface area contributed by atoms with Gasteiger partial charge in [-0.2, -0.15) is 10.4 Å². The Morgan fingerprint density at radius 3 is 2.27 bits per heavy atom. The van der Waals surface area contributed by atoms with Crippen LogP contribution in [0.1, 0.15) is 5.56 Å². The molecule has 0 spiro atoms. The number of benzene rings is 3. The molecule has 0 amide bonds. The van der Waals surface area contributed by atoms with Crippen LogP contribution in [0, 0.1) is 11.3 Å². The molecule has 7 heteroatoms. The second kappa shape index (κ2) is 7.79. The Bertz CT molecular complexity index is 1370. The van der Waals surface area contributed by atoms with Gasteiger partial charge in [0.05, 0.1) is 33.6 Å². The highest BCUT2D eigenvalue weighted by Crippen LogP contribution is 2.30. The van der Waals surface area contributed by atoms with Gasteiger partial charge in [0.15, 0.2) is 9.84 Å². The summed E-state index contributed by atoms with van der Waals surface area (Å²) < 4.78 is 25.3. The van der Waals surface area contributed by atoms with Crippen LogP contribution in [-0.2, 0) is 9.84 Å². The third-order valence-electron chi connectivity index (χ3n) is 4.65. The largest absolute Gasteiger partial charge is 0.232 e. The fourth-order valence-corrected chi connectivity index (χ4v) is 3.88. The molecular formula is C23H16ClN3O2S. The molecule has 1 aromatic heterocycles. The van der Waals surface area contributed by atoms with Crippen molar-refractivity contribution in [3.8, 4) is 34.3 Å². The van der Waals surface area contributed by atoms with Gasteiger partial charge < -0.3 is 0 Å². The highest BCUT2D eigenvalue weighted by Gasteiger charge is 2.15. The smallest absolute Gasteiger partial charge is 0.175 e. The van der Waals surface area contributed by atoms with Crippen LogP contribution in [-0.4, -0.2) is 24.5 Å². The second-order valence-corrected chi connectivity index (χ2v) is 9.24. The van der Waals surface area contributed by atoms with Gasteiger partial charge in [-0.1, -0.05) is 35.9 Å². The first kappa shape index (κ1) is 19.9. The minimum Gasteiger partial charge on any atom is -0.232 e. The molecule has 0 aliphatic carbocycles. The monoisotopic (exact) mass is 433 g/mol. The summed E-state index contributed by atoms with van der Waals surface area (Å²) in [5.74, 6) is 0. The van der Waals surface area contributed by atoms with Crippen LogP contribution in [0.4, 0.5) is 0 Å². The number of hydrogen-bond donors (Lipinski definition) is 0. The number of hydrogen-bond acceptors (Lipinski definition) is 4. The lowest BCUT2D eigenvalue weighted by molar-refractivity contribution is 0.602. The molecule has 0 atom stereocenters. The van der Waals surface area contributed by atoms with Crippen LogP contribution in [0.3, 0.4) is 0 Å². The van der Waals surface area contributed by atoms with Crippen LogP contribution >= 0.6 is 11.6 Å². The Hall–Kier alpha value is -3.40. The molecule has 148 valence electrons. The molecular weight excluding hydrogens is 418 g/mol. The van der Waals surface area contributed by atoms with E-state index in [9.17, 15) is 13.7 Å². The molecule has 0 aliphatic heterocycles. The molecule has 0 bridgehead atoms. The van der Waals surface area contributed by atoms with Crippen LogP contribution in [0.2, 0.25) is 5.02 Å². The van der Waals surface area contributed by atoms with E-state index in [1.165, 1.54) is 6.26 Å². The maximum Gasteiger partial charge on any atom is 0.175 e. The van der Waals surface area contributed by atoms with Gasteiger partial charge in [-0.15, -0.1) is 0 Å². The van der Waals surface area contributed by atoms with Gasteiger partial charge >= 0.3 is 0 Å². The van der Waals surface area contributed by atoms with Crippen LogP contribution in [0.25, 0.3) is 28.2 Å². The first-order valence-electron chi connectivity index (χ1n) is 9.02. The zero-order valence-electron chi connectivity index (χ0n) is 15.9. The van der Waals surface area contributed by atoms with Gasteiger partial charge in [0, 0.05) is 22.4 Å². The Labute approximate surface area is 179 Å². The number of sulfone groups is 1. The molecule has 0 unspecified atom stereocenters. The van der Waals surface area contributed by atoms with Crippen molar-refractivity contribution in [2.75, 3.05) is 6.26 Å². The minimum absolute atomic E-state index is 0.240. The summed E-state index contributed by atoms with van der Waals surface area (Å²) in [5, 5.41) is 14.7. The van der Waals surface area contributed by atoms with Crippen LogP contribution in [0.15, 0.2) is 83.8 Å². The molecule has 4 rings (SSSR count). The first-order chi connectivity index (χ1) is 14.3. The Morgan fingerprint density at radius 1 is 0.933 bits per heavy atom. The van der Waals surface area contributed by atoms with E-state index in [1.807, 2.05) is 30.3 Å². The molecule has 5 nitrogen and oxygen atoms in total. The van der Waals surface area contributed by atoms with E-state index < -0.39 is 9.84 Å². The summed E-state index contributed by atoms with van der Waals surface area (Å²) in [6.07, 6.45) is 1.17. The molecule has 1 heterocycles. The molecule has 0 saturated carbocycles. The summed E-state index contributed by atoms with van der Waals surface area (Å²) in [5.41, 5.74) is 4.48. The first-order valence-corrected chi connectivity index (χ1v) is 11.3. The van der Waals surface area contributed by atoms with E-state index in [1.54, 1.807) is 53.2 Å². The average Bonchev–Trinajstić information content (AvgIpc) is 3.19. The van der Waals surface area contributed by atoms with Crippen molar-refractivity contribution in [2.45, 2.75) is 4.90 Å². The number of rotatable bonds is 4. The van der Waals surface area contributed by atoms with Crippen LogP contribution in [0.5, 0.6) is 0 Å². The average molecular weight is 434 g/mol. The Morgan fingerprint density at radius 2 is 1.63 bits per heavy atom. The molecule has 3 aromatic carbocycles.